The quantitative estimate of drug-likeness (QED) is 0.708. The summed E-state index contributed by atoms with van der Waals surface area (Å²) in [7, 11) is 0. The lowest BCUT2D eigenvalue weighted by molar-refractivity contribution is -0.121. The van der Waals surface area contributed by atoms with Crippen molar-refractivity contribution in [1.29, 1.82) is 0 Å². The number of amides is 2. The fourth-order valence-electron chi connectivity index (χ4n) is 2.70. The van der Waals surface area contributed by atoms with E-state index in [2.05, 4.69) is 5.32 Å². The first-order valence-corrected chi connectivity index (χ1v) is 8.97. The van der Waals surface area contributed by atoms with Gasteiger partial charge in [0.25, 0.3) is 0 Å². The van der Waals surface area contributed by atoms with Crippen LogP contribution < -0.4 is 10.2 Å². The van der Waals surface area contributed by atoms with Crippen LogP contribution in [-0.2, 0) is 20.7 Å². The van der Waals surface area contributed by atoms with E-state index >= 15 is 0 Å². The molecule has 0 aromatic heterocycles. The molecule has 0 saturated carbocycles. The highest BCUT2D eigenvalue weighted by Crippen LogP contribution is 2.21. The summed E-state index contributed by atoms with van der Waals surface area (Å²) in [6, 6.07) is 12.4. The van der Waals surface area contributed by atoms with Crippen LogP contribution >= 0.6 is 0 Å². The van der Waals surface area contributed by atoms with Crippen molar-refractivity contribution in [3.8, 4) is 0 Å². The van der Waals surface area contributed by atoms with Crippen molar-refractivity contribution in [1.82, 2.24) is 5.32 Å². The van der Waals surface area contributed by atoms with Gasteiger partial charge in [-0.15, -0.1) is 0 Å². The van der Waals surface area contributed by atoms with Crippen molar-refractivity contribution < 1.29 is 23.5 Å². The molecule has 7 heteroatoms. The smallest absolute Gasteiger partial charge is 0.340 e. The molecule has 1 N–H and O–H groups in total. The zero-order valence-corrected chi connectivity index (χ0v) is 15.9. The molecule has 0 aliphatic carbocycles. The number of nitrogens with zero attached hydrogens (tertiary/aromatic N) is 1. The molecule has 0 aliphatic heterocycles. The summed E-state index contributed by atoms with van der Waals surface area (Å²) >= 11 is 0. The van der Waals surface area contributed by atoms with E-state index in [-0.39, 0.29) is 49.3 Å². The van der Waals surface area contributed by atoms with Gasteiger partial charge in [-0.1, -0.05) is 24.3 Å². The Morgan fingerprint density at radius 3 is 2.39 bits per heavy atom. The fourth-order valence-corrected chi connectivity index (χ4v) is 2.70. The Labute approximate surface area is 163 Å². The second-order valence-corrected chi connectivity index (χ2v) is 6.06. The van der Waals surface area contributed by atoms with Gasteiger partial charge in [-0.2, -0.15) is 0 Å². The van der Waals surface area contributed by atoms with Crippen LogP contribution in [0.1, 0.15) is 29.8 Å². The average Bonchev–Trinajstić information content (AvgIpc) is 2.67. The van der Waals surface area contributed by atoms with Gasteiger partial charge in [0.2, 0.25) is 11.8 Å². The van der Waals surface area contributed by atoms with Gasteiger partial charge in [-0.25, -0.2) is 9.18 Å². The SMILES string of the molecule is CCOC(=O)c1ccccc1N(CCNC(=O)Cc1ccc(F)cc1)C(C)=O. The maximum Gasteiger partial charge on any atom is 0.340 e. The van der Waals surface area contributed by atoms with E-state index in [1.54, 1.807) is 43.3 Å². The highest BCUT2D eigenvalue weighted by Gasteiger charge is 2.20. The number of anilines is 1. The summed E-state index contributed by atoms with van der Waals surface area (Å²) in [6.45, 7) is 3.73. The first-order valence-electron chi connectivity index (χ1n) is 8.97. The summed E-state index contributed by atoms with van der Waals surface area (Å²) < 4.78 is 18.0. The van der Waals surface area contributed by atoms with Crippen molar-refractivity contribution in [2.24, 2.45) is 0 Å². The number of rotatable bonds is 8. The monoisotopic (exact) mass is 386 g/mol. The minimum absolute atomic E-state index is 0.111. The third-order valence-electron chi connectivity index (χ3n) is 4.01. The minimum atomic E-state index is -0.510. The van der Waals surface area contributed by atoms with Gasteiger partial charge in [0.05, 0.1) is 24.3 Å². The maximum atomic E-state index is 12.9. The van der Waals surface area contributed by atoms with Crippen molar-refractivity contribution in [2.75, 3.05) is 24.6 Å². The van der Waals surface area contributed by atoms with Gasteiger partial charge < -0.3 is 15.0 Å². The van der Waals surface area contributed by atoms with Crippen LogP contribution in [0.3, 0.4) is 0 Å². The van der Waals surface area contributed by atoms with Crippen LogP contribution in [0.25, 0.3) is 0 Å². The number of hydrogen-bond acceptors (Lipinski definition) is 4. The first-order chi connectivity index (χ1) is 13.4. The molecule has 0 unspecified atom stereocenters. The predicted molar refractivity (Wildman–Crippen MR) is 104 cm³/mol. The van der Waals surface area contributed by atoms with Gasteiger partial charge in [0, 0.05) is 20.0 Å². The van der Waals surface area contributed by atoms with E-state index in [0.29, 0.717) is 11.3 Å². The van der Waals surface area contributed by atoms with Gasteiger partial charge >= 0.3 is 5.97 Å². The fraction of sp³-hybridized carbons (Fsp3) is 0.286. The number of benzene rings is 2. The molecule has 28 heavy (non-hydrogen) atoms. The first kappa shape index (κ1) is 21.1. The van der Waals surface area contributed by atoms with Gasteiger partial charge in [-0.05, 0) is 36.8 Å². The van der Waals surface area contributed by atoms with Crippen LogP contribution in [0.4, 0.5) is 10.1 Å². The number of esters is 1. The molecular formula is C21H23FN2O4. The van der Waals surface area contributed by atoms with Gasteiger partial charge in [0.15, 0.2) is 0 Å². The molecule has 2 amide bonds. The summed E-state index contributed by atoms with van der Waals surface area (Å²) in [4.78, 5) is 37.7. The van der Waals surface area contributed by atoms with E-state index in [9.17, 15) is 18.8 Å². The molecule has 0 saturated heterocycles. The molecule has 0 bridgehead atoms. The van der Waals surface area contributed by atoms with Crippen molar-refractivity contribution in [3.05, 3.63) is 65.5 Å². The Morgan fingerprint density at radius 2 is 1.75 bits per heavy atom. The van der Waals surface area contributed by atoms with Crippen LogP contribution in [0.5, 0.6) is 0 Å². The summed E-state index contributed by atoms with van der Waals surface area (Å²) in [5.41, 5.74) is 1.41. The highest BCUT2D eigenvalue weighted by atomic mass is 19.1. The lowest BCUT2D eigenvalue weighted by Gasteiger charge is -2.23. The lowest BCUT2D eigenvalue weighted by Crippen LogP contribution is -2.38. The zero-order valence-electron chi connectivity index (χ0n) is 15.9. The Kier molecular flexibility index (Phi) is 7.68. The zero-order chi connectivity index (χ0) is 20.5. The summed E-state index contributed by atoms with van der Waals surface area (Å²) in [6.07, 6.45) is 0.111. The Hall–Kier alpha value is -3.22. The second-order valence-electron chi connectivity index (χ2n) is 6.06. The Balaban J connectivity index is 2.00. The largest absolute Gasteiger partial charge is 0.462 e. The maximum absolute atomic E-state index is 12.9. The Morgan fingerprint density at radius 1 is 1.07 bits per heavy atom. The molecule has 0 atom stereocenters. The number of halogens is 1. The van der Waals surface area contributed by atoms with Crippen LogP contribution in [0, 0.1) is 5.82 Å². The number of para-hydroxylation sites is 1. The van der Waals surface area contributed by atoms with E-state index < -0.39 is 5.97 Å². The molecule has 6 nitrogen and oxygen atoms in total. The summed E-state index contributed by atoms with van der Waals surface area (Å²) in [5, 5.41) is 2.73. The average molecular weight is 386 g/mol. The molecular weight excluding hydrogens is 363 g/mol. The molecule has 0 aliphatic rings. The van der Waals surface area contributed by atoms with E-state index in [4.69, 9.17) is 4.74 Å². The third kappa shape index (κ3) is 5.90. The van der Waals surface area contributed by atoms with E-state index in [1.165, 1.54) is 24.0 Å². The number of ether oxygens (including phenoxy) is 1. The molecule has 0 spiro atoms. The number of nitrogens with one attached hydrogen (secondary N) is 1. The molecule has 2 aromatic rings. The topological polar surface area (TPSA) is 75.7 Å². The number of carbonyl (C=O) groups is 3. The van der Waals surface area contributed by atoms with Gasteiger partial charge in [-0.3, -0.25) is 9.59 Å². The number of hydrogen-bond donors (Lipinski definition) is 1. The molecule has 148 valence electrons. The van der Waals surface area contributed by atoms with Crippen molar-refractivity contribution >= 4 is 23.5 Å². The van der Waals surface area contributed by atoms with E-state index in [0.717, 1.165) is 0 Å². The predicted octanol–water partition coefficient (Wildman–Crippen LogP) is 2.71. The van der Waals surface area contributed by atoms with Crippen molar-refractivity contribution in [3.63, 3.8) is 0 Å². The van der Waals surface area contributed by atoms with Crippen LogP contribution in [-0.4, -0.2) is 37.5 Å². The second kappa shape index (κ2) is 10.2. The van der Waals surface area contributed by atoms with Crippen molar-refractivity contribution in [2.45, 2.75) is 20.3 Å². The third-order valence-corrected chi connectivity index (χ3v) is 4.01. The molecule has 0 fully saturated rings. The van der Waals surface area contributed by atoms with Crippen LogP contribution in [0.2, 0.25) is 0 Å². The lowest BCUT2D eigenvalue weighted by atomic mass is 10.1. The normalized spacial score (nSPS) is 10.2. The molecule has 2 rings (SSSR count). The highest BCUT2D eigenvalue weighted by molar-refractivity contribution is 6.02. The molecule has 2 aromatic carbocycles. The standard InChI is InChI=1S/C21H23FN2O4/c1-3-28-21(27)18-6-4-5-7-19(18)24(15(2)25)13-12-23-20(26)14-16-8-10-17(22)11-9-16/h4-11H,3,12-14H2,1-2H3,(H,23,26). The Bertz CT molecular complexity index is 837. The minimum Gasteiger partial charge on any atom is -0.462 e. The van der Waals surface area contributed by atoms with E-state index in [1.807, 2.05) is 0 Å². The van der Waals surface area contributed by atoms with Crippen LogP contribution in [0.15, 0.2) is 48.5 Å². The molecule has 0 heterocycles. The summed E-state index contributed by atoms with van der Waals surface area (Å²) in [5.74, 6) is -1.37. The molecule has 0 radical (unpaired) electrons. The van der Waals surface area contributed by atoms with Gasteiger partial charge in [0.1, 0.15) is 5.82 Å². The number of carbonyl (C=O) groups excluding carboxylic acids is 3.